The van der Waals surface area contributed by atoms with Crippen molar-refractivity contribution in [1.82, 2.24) is 5.32 Å². The Morgan fingerprint density at radius 3 is 2.84 bits per heavy atom. The number of benzene rings is 1. The molecule has 4 nitrogen and oxygen atoms in total. The Bertz CT molecular complexity index is 494. The highest BCUT2D eigenvalue weighted by Gasteiger charge is 2.41. The molecular weight excluding hydrogens is 338 g/mol. The number of hydrogen-bond acceptors (Lipinski definition) is 4. The van der Waals surface area contributed by atoms with E-state index < -0.39 is 0 Å². The number of hydrogen-bond donors (Lipinski definition) is 2. The van der Waals surface area contributed by atoms with Crippen LogP contribution >= 0.6 is 11.6 Å². The van der Waals surface area contributed by atoms with Crippen LogP contribution in [-0.2, 0) is 15.1 Å². The molecule has 1 saturated heterocycles. The summed E-state index contributed by atoms with van der Waals surface area (Å²) < 4.78 is 11.7. The van der Waals surface area contributed by atoms with Crippen LogP contribution in [0.5, 0.6) is 0 Å². The van der Waals surface area contributed by atoms with Crippen molar-refractivity contribution >= 4 is 11.6 Å². The molecule has 1 aliphatic heterocycles. The van der Waals surface area contributed by atoms with E-state index in [1.165, 1.54) is 0 Å². The van der Waals surface area contributed by atoms with E-state index in [9.17, 15) is 5.11 Å². The van der Waals surface area contributed by atoms with Gasteiger partial charge in [-0.1, -0.05) is 23.7 Å². The average molecular weight is 370 g/mol. The van der Waals surface area contributed by atoms with Crippen LogP contribution < -0.4 is 5.32 Å². The summed E-state index contributed by atoms with van der Waals surface area (Å²) in [7, 11) is 1.74. The third kappa shape index (κ3) is 5.93. The molecule has 2 N–H and O–H groups in total. The molecule has 2 rings (SSSR count). The topological polar surface area (TPSA) is 50.7 Å². The van der Waals surface area contributed by atoms with Gasteiger partial charge >= 0.3 is 0 Å². The number of aliphatic hydroxyl groups is 1. The van der Waals surface area contributed by atoms with Crippen LogP contribution in [0.15, 0.2) is 24.3 Å². The van der Waals surface area contributed by atoms with E-state index in [2.05, 4.69) is 11.4 Å². The SMILES string of the molecule is COCCCCC(OCCCO)(c1cccc(Cl)c1)C1CCCNC1. The van der Waals surface area contributed by atoms with Gasteiger partial charge < -0.3 is 19.9 Å². The maximum atomic E-state index is 9.20. The highest BCUT2D eigenvalue weighted by atomic mass is 35.5. The summed E-state index contributed by atoms with van der Waals surface area (Å²) in [6.07, 6.45) is 5.95. The van der Waals surface area contributed by atoms with Gasteiger partial charge in [0, 0.05) is 44.4 Å². The maximum absolute atomic E-state index is 9.20. The zero-order chi connectivity index (χ0) is 18.0. The Hall–Kier alpha value is -0.650. The summed E-state index contributed by atoms with van der Waals surface area (Å²) in [6, 6.07) is 8.10. The fourth-order valence-electron chi connectivity index (χ4n) is 3.81. The minimum absolute atomic E-state index is 0.151. The lowest BCUT2D eigenvalue weighted by Gasteiger charge is -2.43. The highest BCUT2D eigenvalue weighted by molar-refractivity contribution is 6.30. The molecule has 1 aromatic carbocycles. The quantitative estimate of drug-likeness (QED) is 0.583. The number of aliphatic hydroxyl groups excluding tert-OH is 1. The molecule has 2 atom stereocenters. The molecule has 0 amide bonds. The van der Waals surface area contributed by atoms with E-state index in [1.54, 1.807) is 7.11 Å². The molecule has 0 bridgehead atoms. The number of unbranched alkanes of at least 4 members (excludes halogenated alkanes) is 1. The van der Waals surface area contributed by atoms with E-state index in [-0.39, 0.29) is 12.2 Å². The van der Waals surface area contributed by atoms with Crippen LogP contribution in [0.25, 0.3) is 0 Å². The van der Waals surface area contributed by atoms with Crippen LogP contribution in [0.3, 0.4) is 0 Å². The van der Waals surface area contributed by atoms with Crippen molar-refractivity contribution in [2.75, 3.05) is 40.0 Å². The van der Waals surface area contributed by atoms with Gasteiger partial charge in [-0.15, -0.1) is 0 Å². The van der Waals surface area contributed by atoms with Crippen LogP contribution in [0.1, 0.15) is 44.1 Å². The smallest absolute Gasteiger partial charge is 0.0971 e. The third-order valence-corrected chi connectivity index (χ3v) is 5.31. The van der Waals surface area contributed by atoms with Crippen molar-refractivity contribution in [3.63, 3.8) is 0 Å². The molecule has 1 heterocycles. The first-order valence-corrected chi connectivity index (χ1v) is 9.81. The van der Waals surface area contributed by atoms with E-state index in [4.69, 9.17) is 21.1 Å². The monoisotopic (exact) mass is 369 g/mol. The van der Waals surface area contributed by atoms with E-state index >= 15 is 0 Å². The second-order valence-corrected chi connectivity index (χ2v) is 7.26. The summed E-state index contributed by atoms with van der Waals surface area (Å²) in [5.41, 5.74) is 0.797. The fourth-order valence-corrected chi connectivity index (χ4v) is 4.00. The normalized spacial score (nSPS) is 20.4. The number of halogens is 1. The van der Waals surface area contributed by atoms with Crippen LogP contribution in [0, 0.1) is 5.92 Å². The Labute approximate surface area is 156 Å². The highest BCUT2D eigenvalue weighted by Crippen LogP contribution is 2.42. The van der Waals surface area contributed by atoms with Gasteiger partial charge in [0.1, 0.15) is 0 Å². The predicted molar refractivity (Wildman–Crippen MR) is 102 cm³/mol. The fraction of sp³-hybridized carbons (Fsp3) is 0.700. The van der Waals surface area contributed by atoms with Crippen molar-refractivity contribution in [3.05, 3.63) is 34.9 Å². The minimum atomic E-state index is -0.360. The summed E-state index contributed by atoms with van der Waals surface area (Å²) in [5, 5.41) is 13.5. The molecule has 142 valence electrons. The van der Waals surface area contributed by atoms with Gasteiger partial charge in [-0.2, -0.15) is 0 Å². The standard InChI is InChI=1S/C20H32ClNO3/c1-24-13-3-2-10-20(25-14-6-12-23,18-8-5-11-22-16-18)17-7-4-9-19(21)15-17/h4,7,9,15,18,22-23H,2-3,5-6,8,10-14,16H2,1H3. The molecule has 1 aromatic rings. The first kappa shape index (κ1) is 20.7. The van der Waals surface area contributed by atoms with Gasteiger partial charge in [0.15, 0.2) is 0 Å². The number of rotatable bonds is 11. The maximum Gasteiger partial charge on any atom is 0.0971 e. The van der Waals surface area contributed by atoms with Gasteiger partial charge in [0.25, 0.3) is 0 Å². The summed E-state index contributed by atoms with van der Waals surface area (Å²) in [5.74, 6) is 0.404. The molecule has 0 aliphatic carbocycles. The molecule has 0 radical (unpaired) electrons. The number of ether oxygens (including phenoxy) is 2. The Morgan fingerprint density at radius 2 is 2.16 bits per heavy atom. The van der Waals surface area contributed by atoms with Crippen molar-refractivity contribution in [1.29, 1.82) is 0 Å². The second-order valence-electron chi connectivity index (χ2n) is 6.82. The van der Waals surface area contributed by atoms with Crippen molar-refractivity contribution < 1.29 is 14.6 Å². The molecule has 0 spiro atoms. The molecule has 2 unspecified atom stereocenters. The Morgan fingerprint density at radius 1 is 1.28 bits per heavy atom. The lowest BCUT2D eigenvalue weighted by Crippen LogP contribution is -2.46. The molecule has 1 aliphatic rings. The Kier molecular flexibility index (Phi) is 9.21. The third-order valence-electron chi connectivity index (χ3n) is 5.08. The summed E-state index contributed by atoms with van der Waals surface area (Å²) in [6.45, 7) is 3.51. The largest absolute Gasteiger partial charge is 0.396 e. The van der Waals surface area contributed by atoms with Crippen LogP contribution in [0.4, 0.5) is 0 Å². The molecule has 25 heavy (non-hydrogen) atoms. The number of piperidine rings is 1. The lowest BCUT2D eigenvalue weighted by atomic mass is 9.74. The second kappa shape index (κ2) is 11.1. The average Bonchev–Trinajstić information content (AvgIpc) is 2.64. The van der Waals surface area contributed by atoms with Gasteiger partial charge in [0.2, 0.25) is 0 Å². The first-order chi connectivity index (χ1) is 12.2. The summed E-state index contributed by atoms with van der Waals surface area (Å²) in [4.78, 5) is 0. The van der Waals surface area contributed by atoms with E-state index in [0.29, 0.717) is 18.9 Å². The molecule has 0 saturated carbocycles. The molecule has 5 heteroatoms. The van der Waals surface area contributed by atoms with Crippen LogP contribution in [-0.4, -0.2) is 45.1 Å². The molecule has 1 fully saturated rings. The number of methoxy groups -OCH3 is 1. The first-order valence-electron chi connectivity index (χ1n) is 9.43. The van der Waals surface area contributed by atoms with Crippen molar-refractivity contribution in [3.8, 4) is 0 Å². The predicted octanol–water partition coefficient (Wildman–Crippen LogP) is 3.75. The Balaban J connectivity index is 2.28. The van der Waals surface area contributed by atoms with Crippen LogP contribution in [0.2, 0.25) is 5.02 Å². The minimum Gasteiger partial charge on any atom is -0.396 e. The zero-order valence-electron chi connectivity index (χ0n) is 15.3. The van der Waals surface area contributed by atoms with Gasteiger partial charge in [-0.05, 0) is 62.8 Å². The number of nitrogens with one attached hydrogen (secondary N) is 1. The van der Waals surface area contributed by atoms with Gasteiger partial charge in [-0.25, -0.2) is 0 Å². The molecular formula is C20H32ClNO3. The van der Waals surface area contributed by atoms with Crippen molar-refractivity contribution in [2.24, 2.45) is 5.92 Å². The molecule has 0 aromatic heterocycles. The summed E-state index contributed by atoms with van der Waals surface area (Å²) >= 11 is 6.30. The van der Waals surface area contributed by atoms with E-state index in [1.807, 2.05) is 18.2 Å². The zero-order valence-corrected chi connectivity index (χ0v) is 16.1. The van der Waals surface area contributed by atoms with Crippen molar-refractivity contribution in [2.45, 2.75) is 44.1 Å². The van der Waals surface area contributed by atoms with Gasteiger partial charge in [-0.3, -0.25) is 0 Å². The van der Waals surface area contributed by atoms with E-state index in [0.717, 1.165) is 62.4 Å². The lowest BCUT2D eigenvalue weighted by molar-refractivity contribution is -0.109. The van der Waals surface area contributed by atoms with Gasteiger partial charge in [0.05, 0.1) is 5.60 Å².